The second-order valence-electron chi connectivity index (χ2n) is 7.45. The topological polar surface area (TPSA) is 105 Å². The maximum atomic E-state index is 12.4. The molecule has 9 heteroatoms. The molecule has 3 rings (SSSR count). The maximum Gasteiger partial charge on any atom is 0.308 e. The Bertz CT molecular complexity index is 896. The van der Waals surface area contributed by atoms with Crippen LogP contribution in [0.1, 0.15) is 30.5 Å². The predicted octanol–water partition coefficient (Wildman–Crippen LogP) is 1.24. The zero-order valence-corrected chi connectivity index (χ0v) is 17.8. The largest absolute Gasteiger partial charge is 0.455 e. The molecule has 2 heterocycles. The van der Waals surface area contributed by atoms with Crippen molar-refractivity contribution < 1.29 is 19.1 Å². The van der Waals surface area contributed by atoms with Crippen LogP contribution in [-0.4, -0.2) is 65.4 Å². The SMILES string of the molecule is CC(=O)NC(CC(=O)OCC(=O)N1CCN(c2ncccn2)CC1)c1ccc(C)cc1. The number of carbonyl (C=O) groups is 3. The number of nitrogens with zero attached hydrogens (tertiary/aromatic N) is 4. The molecule has 1 aromatic heterocycles. The van der Waals surface area contributed by atoms with E-state index < -0.39 is 12.0 Å². The van der Waals surface area contributed by atoms with Crippen LogP contribution in [-0.2, 0) is 19.1 Å². The smallest absolute Gasteiger partial charge is 0.308 e. The Balaban J connectivity index is 1.47. The van der Waals surface area contributed by atoms with Crippen molar-refractivity contribution in [3.05, 3.63) is 53.9 Å². The van der Waals surface area contributed by atoms with Gasteiger partial charge in [-0.1, -0.05) is 29.8 Å². The van der Waals surface area contributed by atoms with Crippen molar-refractivity contribution in [1.29, 1.82) is 0 Å². The van der Waals surface area contributed by atoms with Gasteiger partial charge >= 0.3 is 5.97 Å². The highest BCUT2D eigenvalue weighted by Crippen LogP contribution is 2.18. The molecule has 0 aliphatic carbocycles. The monoisotopic (exact) mass is 425 g/mol. The quantitative estimate of drug-likeness (QED) is 0.666. The van der Waals surface area contributed by atoms with Crippen LogP contribution in [0.2, 0.25) is 0 Å². The lowest BCUT2D eigenvalue weighted by Gasteiger charge is -2.34. The first-order valence-electron chi connectivity index (χ1n) is 10.2. The van der Waals surface area contributed by atoms with E-state index >= 15 is 0 Å². The highest BCUT2D eigenvalue weighted by Gasteiger charge is 2.24. The summed E-state index contributed by atoms with van der Waals surface area (Å²) in [5, 5.41) is 2.77. The number of esters is 1. The molecule has 0 bridgehead atoms. The summed E-state index contributed by atoms with van der Waals surface area (Å²) in [5.41, 5.74) is 1.89. The van der Waals surface area contributed by atoms with Crippen LogP contribution in [0.5, 0.6) is 0 Å². The van der Waals surface area contributed by atoms with E-state index in [1.54, 1.807) is 23.4 Å². The summed E-state index contributed by atoms with van der Waals surface area (Å²) < 4.78 is 5.21. The summed E-state index contributed by atoms with van der Waals surface area (Å²) in [5.74, 6) is -0.381. The molecular weight excluding hydrogens is 398 g/mol. The normalized spacial score (nSPS) is 14.6. The zero-order valence-electron chi connectivity index (χ0n) is 17.8. The van der Waals surface area contributed by atoms with E-state index in [4.69, 9.17) is 4.74 Å². The second kappa shape index (κ2) is 10.5. The molecule has 1 fully saturated rings. The van der Waals surface area contributed by atoms with E-state index in [9.17, 15) is 14.4 Å². The van der Waals surface area contributed by atoms with Gasteiger partial charge < -0.3 is 19.9 Å². The fraction of sp³-hybridized carbons (Fsp3) is 0.409. The number of aryl methyl sites for hydroxylation is 1. The minimum absolute atomic E-state index is 0.0466. The summed E-state index contributed by atoms with van der Waals surface area (Å²) in [6.45, 7) is 5.28. The molecule has 0 radical (unpaired) electrons. The van der Waals surface area contributed by atoms with Crippen molar-refractivity contribution in [3.63, 3.8) is 0 Å². The maximum absolute atomic E-state index is 12.4. The summed E-state index contributed by atoms with van der Waals surface area (Å²) in [6.07, 6.45) is 3.32. The molecule has 9 nitrogen and oxygen atoms in total. The molecule has 1 atom stereocenters. The van der Waals surface area contributed by atoms with Crippen LogP contribution in [0.25, 0.3) is 0 Å². The minimum Gasteiger partial charge on any atom is -0.455 e. The minimum atomic E-state index is -0.538. The number of anilines is 1. The number of ether oxygens (including phenoxy) is 1. The Hall–Kier alpha value is -3.49. The molecule has 1 aromatic carbocycles. The number of benzene rings is 1. The summed E-state index contributed by atoms with van der Waals surface area (Å²) in [6, 6.07) is 8.81. The lowest BCUT2D eigenvalue weighted by atomic mass is 10.0. The average molecular weight is 425 g/mol. The molecule has 1 aliphatic heterocycles. The fourth-order valence-electron chi connectivity index (χ4n) is 3.37. The van der Waals surface area contributed by atoms with Gasteiger partial charge in [0.05, 0.1) is 12.5 Å². The zero-order chi connectivity index (χ0) is 22.2. The summed E-state index contributed by atoms with van der Waals surface area (Å²) in [4.78, 5) is 48.4. The number of nitrogens with one attached hydrogen (secondary N) is 1. The molecule has 2 amide bonds. The summed E-state index contributed by atoms with van der Waals surface area (Å²) >= 11 is 0. The van der Waals surface area contributed by atoms with Crippen molar-refractivity contribution in [3.8, 4) is 0 Å². The average Bonchev–Trinajstić information content (AvgIpc) is 2.78. The van der Waals surface area contributed by atoms with Crippen molar-refractivity contribution >= 4 is 23.7 Å². The molecule has 1 aliphatic rings. The van der Waals surface area contributed by atoms with Gasteiger partial charge in [-0.15, -0.1) is 0 Å². The van der Waals surface area contributed by atoms with E-state index in [1.807, 2.05) is 36.1 Å². The van der Waals surface area contributed by atoms with Crippen LogP contribution in [0, 0.1) is 6.92 Å². The van der Waals surface area contributed by atoms with Crippen molar-refractivity contribution in [2.24, 2.45) is 0 Å². The lowest BCUT2D eigenvalue weighted by Crippen LogP contribution is -2.50. The molecule has 1 N–H and O–H groups in total. The number of hydrogen-bond donors (Lipinski definition) is 1. The van der Waals surface area contributed by atoms with E-state index in [1.165, 1.54) is 6.92 Å². The first-order chi connectivity index (χ1) is 14.9. The van der Waals surface area contributed by atoms with Gasteiger partial charge in [-0.25, -0.2) is 9.97 Å². The van der Waals surface area contributed by atoms with Crippen molar-refractivity contribution in [1.82, 2.24) is 20.2 Å². The van der Waals surface area contributed by atoms with Gasteiger partial charge in [-0.2, -0.15) is 0 Å². The number of rotatable bonds is 7. The first kappa shape index (κ1) is 22.2. The molecule has 0 saturated carbocycles. The predicted molar refractivity (Wildman–Crippen MR) is 114 cm³/mol. The number of carbonyl (C=O) groups excluding carboxylic acids is 3. The van der Waals surface area contributed by atoms with Crippen LogP contribution < -0.4 is 10.2 Å². The standard InChI is InChI=1S/C22H27N5O4/c1-16-4-6-18(7-5-16)19(25-17(2)28)14-21(30)31-15-20(29)26-10-12-27(13-11-26)22-23-8-3-9-24-22/h3-9,19H,10-15H2,1-2H3,(H,25,28). The van der Waals surface area contributed by atoms with Crippen LogP contribution in [0.4, 0.5) is 5.95 Å². The Morgan fingerprint density at radius 2 is 1.71 bits per heavy atom. The van der Waals surface area contributed by atoms with Gasteiger partial charge in [-0.05, 0) is 18.6 Å². The van der Waals surface area contributed by atoms with E-state index in [2.05, 4.69) is 15.3 Å². The van der Waals surface area contributed by atoms with Crippen LogP contribution in [0.3, 0.4) is 0 Å². The van der Waals surface area contributed by atoms with E-state index in [0.29, 0.717) is 32.1 Å². The van der Waals surface area contributed by atoms with E-state index in [0.717, 1.165) is 11.1 Å². The van der Waals surface area contributed by atoms with Crippen LogP contribution >= 0.6 is 0 Å². The lowest BCUT2D eigenvalue weighted by molar-refractivity contribution is -0.152. The Kier molecular flexibility index (Phi) is 7.53. The van der Waals surface area contributed by atoms with Gasteiger partial charge in [0.15, 0.2) is 6.61 Å². The molecule has 31 heavy (non-hydrogen) atoms. The van der Waals surface area contributed by atoms with Gasteiger partial charge in [0, 0.05) is 45.5 Å². The van der Waals surface area contributed by atoms with Gasteiger partial charge in [0.1, 0.15) is 0 Å². The Morgan fingerprint density at radius 1 is 1.06 bits per heavy atom. The number of piperazine rings is 1. The van der Waals surface area contributed by atoms with Crippen LogP contribution in [0.15, 0.2) is 42.7 Å². The first-order valence-corrected chi connectivity index (χ1v) is 10.2. The summed E-state index contributed by atoms with van der Waals surface area (Å²) in [7, 11) is 0. The number of amides is 2. The van der Waals surface area contributed by atoms with Crippen molar-refractivity contribution in [2.75, 3.05) is 37.7 Å². The second-order valence-corrected chi connectivity index (χ2v) is 7.45. The number of hydrogen-bond acceptors (Lipinski definition) is 7. The van der Waals surface area contributed by atoms with Gasteiger partial charge in [-0.3, -0.25) is 14.4 Å². The molecule has 1 saturated heterocycles. The highest BCUT2D eigenvalue weighted by atomic mass is 16.5. The van der Waals surface area contributed by atoms with Crippen molar-refractivity contribution in [2.45, 2.75) is 26.3 Å². The number of aromatic nitrogens is 2. The molecular formula is C22H27N5O4. The fourth-order valence-corrected chi connectivity index (χ4v) is 3.37. The third kappa shape index (κ3) is 6.50. The molecule has 0 spiro atoms. The third-order valence-electron chi connectivity index (χ3n) is 5.05. The van der Waals surface area contributed by atoms with E-state index in [-0.39, 0.29) is 24.8 Å². The molecule has 164 valence electrons. The Morgan fingerprint density at radius 3 is 2.32 bits per heavy atom. The molecule has 2 aromatic rings. The van der Waals surface area contributed by atoms with Gasteiger partial charge in [0.25, 0.3) is 5.91 Å². The Labute approximate surface area is 181 Å². The highest BCUT2D eigenvalue weighted by molar-refractivity contribution is 5.81. The van der Waals surface area contributed by atoms with Gasteiger partial charge in [0.2, 0.25) is 11.9 Å². The third-order valence-corrected chi connectivity index (χ3v) is 5.05. The molecule has 1 unspecified atom stereocenters.